The number of nitrogens with zero attached hydrogens (tertiary/aromatic N) is 1. The fraction of sp³-hybridized carbons (Fsp3) is 0.333. The Morgan fingerprint density at radius 2 is 1.41 bits per heavy atom. The minimum Gasteiger partial charge on any atom is -0.403 e. The minimum atomic E-state index is -0.313. The van der Waals surface area contributed by atoms with Gasteiger partial charge in [-0.1, -0.05) is 78.9 Å². The molecule has 1 saturated heterocycles. The summed E-state index contributed by atoms with van der Waals surface area (Å²) < 4.78 is 12.9. The lowest BCUT2D eigenvalue weighted by atomic mass is 9.63. The summed E-state index contributed by atoms with van der Waals surface area (Å²) in [5.74, 6) is 0.610. The fourth-order valence-corrected chi connectivity index (χ4v) is 5.76. The Hall–Kier alpha value is -2.82. The number of anilines is 2. The van der Waals surface area contributed by atoms with Gasteiger partial charge in [0.15, 0.2) is 0 Å². The number of rotatable bonds is 3. The van der Waals surface area contributed by atoms with Crippen LogP contribution in [0.4, 0.5) is 11.4 Å². The SMILES string of the molecule is CC1(C)OB(C2C=CC3C(C2)c2cccc(-c4ccccc4)c2N3c2ccccc2)OC1(C)C. The molecule has 2 heterocycles. The molecule has 0 saturated carbocycles. The molecule has 0 amide bonds. The van der Waals surface area contributed by atoms with E-state index in [-0.39, 0.29) is 30.2 Å². The van der Waals surface area contributed by atoms with Gasteiger partial charge in [-0.05, 0) is 57.4 Å². The molecule has 0 spiro atoms. The highest BCUT2D eigenvalue weighted by atomic mass is 16.7. The number of benzene rings is 3. The monoisotopic (exact) mass is 449 g/mol. The van der Waals surface area contributed by atoms with Gasteiger partial charge in [0, 0.05) is 23.0 Å². The molecule has 3 aromatic carbocycles. The van der Waals surface area contributed by atoms with E-state index in [1.165, 1.54) is 28.1 Å². The molecule has 1 aliphatic carbocycles. The average molecular weight is 449 g/mol. The fourth-order valence-electron chi connectivity index (χ4n) is 5.76. The Bertz CT molecular complexity index is 1210. The van der Waals surface area contributed by atoms with Gasteiger partial charge in [0.2, 0.25) is 0 Å². The molecular weight excluding hydrogens is 417 g/mol. The van der Waals surface area contributed by atoms with E-state index in [9.17, 15) is 0 Å². The zero-order valence-electron chi connectivity index (χ0n) is 20.4. The van der Waals surface area contributed by atoms with Gasteiger partial charge < -0.3 is 14.2 Å². The van der Waals surface area contributed by atoms with Gasteiger partial charge in [-0.15, -0.1) is 0 Å². The maximum atomic E-state index is 6.46. The van der Waals surface area contributed by atoms with E-state index in [2.05, 4.69) is 124 Å². The summed E-state index contributed by atoms with van der Waals surface area (Å²) in [6, 6.07) is 28.6. The first kappa shape index (κ1) is 21.7. The van der Waals surface area contributed by atoms with Crippen LogP contribution in [-0.4, -0.2) is 24.4 Å². The predicted octanol–water partition coefficient (Wildman–Crippen LogP) is 7.38. The number of allylic oxidation sites excluding steroid dienone is 1. The van der Waals surface area contributed by atoms with Crippen molar-refractivity contribution in [3.8, 4) is 11.1 Å². The van der Waals surface area contributed by atoms with Crippen molar-refractivity contribution in [2.24, 2.45) is 0 Å². The van der Waals surface area contributed by atoms with Gasteiger partial charge in [0.05, 0.1) is 22.9 Å². The molecule has 1 fully saturated rings. The van der Waals surface area contributed by atoms with Crippen molar-refractivity contribution in [3.63, 3.8) is 0 Å². The van der Waals surface area contributed by atoms with Crippen LogP contribution in [0.5, 0.6) is 0 Å². The molecule has 0 aromatic heterocycles. The van der Waals surface area contributed by atoms with E-state index in [0.717, 1.165) is 6.42 Å². The maximum absolute atomic E-state index is 6.46. The molecule has 3 atom stereocenters. The minimum absolute atomic E-state index is 0.214. The Morgan fingerprint density at radius 1 is 0.765 bits per heavy atom. The van der Waals surface area contributed by atoms with Crippen LogP contribution in [0.2, 0.25) is 5.82 Å². The molecule has 3 aliphatic rings. The summed E-state index contributed by atoms with van der Waals surface area (Å²) in [5.41, 5.74) is 5.90. The van der Waals surface area contributed by atoms with Crippen LogP contribution in [0.25, 0.3) is 11.1 Å². The molecule has 34 heavy (non-hydrogen) atoms. The van der Waals surface area contributed by atoms with E-state index < -0.39 is 0 Å². The highest BCUT2D eigenvalue weighted by Gasteiger charge is 2.55. The van der Waals surface area contributed by atoms with Crippen molar-refractivity contribution in [2.75, 3.05) is 4.90 Å². The van der Waals surface area contributed by atoms with Crippen molar-refractivity contribution < 1.29 is 9.31 Å². The maximum Gasteiger partial charge on any atom is 0.465 e. The molecular formula is C30H32BNO2. The molecule has 3 nitrogen and oxygen atoms in total. The van der Waals surface area contributed by atoms with Crippen LogP contribution in [0.3, 0.4) is 0 Å². The first-order valence-corrected chi connectivity index (χ1v) is 12.4. The van der Waals surface area contributed by atoms with Gasteiger partial charge in [-0.2, -0.15) is 0 Å². The number of fused-ring (bicyclic) bond motifs is 3. The van der Waals surface area contributed by atoms with Crippen molar-refractivity contribution in [1.29, 1.82) is 0 Å². The van der Waals surface area contributed by atoms with Crippen molar-refractivity contribution in [1.82, 2.24) is 0 Å². The smallest absolute Gasteiger partial charge is 0.403 e. The summed E-state index contributed by atoms with van der Waals surface area (Å²) in [6.45, 7) is 8.54. The van der Waals surface area contributed by atoms with E-state index in [0.29, 0.717) is 5.92 Å². The summed E-state index contributed by atoms with van der Waals surface area (Å²) in [4.78, 5) is 2.54. The molecule has 0 N–H and O–H groups in total. The number of hydrogen-bond donors (Lipinski definition) is 0. The lowest BCUT2D eigenvalue weighted by molar-refractivity contribution is 0.00578. The van der Waals surface area contributed by atoms with E-state index >= 15 is 0 Å². The van der Waals surface area contributed by atoms with E-state index in [4.69, 9.17) is 9.31 Å². The normalized spacial score (nSPS) is 26.4. The van der Waals surface area contributed by atoms with E-state index in [1.807, 2.05) is 0 Å². The molecule has 3 unspecified atom stereocenters. The zero-order chi connectivity index (χ0) is 23.5. The van der Waals surface area contributed by atoms with Crippen LogP contribution in [0, 0.1) is 0 Å². The quantitative estimate of drug-likeness (QED) is 0.308. The van der Waals surface area contributed by atoms with Gasteiger partial charge in [0.1, 0.15) is 0 Å². The third kappa shape index (κ3) is 3.35. The Balaban J connectivity index is 1.44. The number of para-hydroxylation sites is 2. The Kier molecular flexibility index (Phi) is 5.02. The molecule has 4 heteroatoms. The van der Waals surface area contributed by atoms with E-state index in [1.54, 1.807) is 0 Å². The highest BCUT2D eigenvalue weighted by molar-refractivity contribution is 6.48. The lowest BCUT2D eigenvalue weighted by Gasteiger charge is -2.33. The standard InChI is InChI=1S/C30H32BNO2/c1-29(2)30(3,4)34-31(33-29)22-18-19-27-26(20-22)25-17-11-16-24(21-12-7-5-8-13-21)28(25)32(27)23-14-9-6-10-15-23/h5-19,22,26-27H,20H2,1-4H3. The summed E-state index contributed by atoms with van der Waals surface area (Å²) >= 11 is 0. The summed E-state index contributed by atoms with van der Waals surface area (Å²) in [5, 5.41) is 0. The third-order valence-electron chi connectivity index (χ3n) is 8.24. The van der Waals surface area contributed by atoms with Gasteiger partial charge in [-0.25, -0.2) is 0 Å². The van der Waals surface area contributed by atoms with Gasteiger partial charge >= 0.3 is 7.12 Å². The van der Waals surface area contributed by atoms with Crippen molar-refractivity contribution in [2.45, 2.75) is 63.1 Å². The topological polar surface area (TPSA) is 21.7 Å². The second kappa shape index (κ2) is 7.86. The highest BCUT2D eigenvalue weighted by Crippen LogP contribution is 2.55. The second-order valence-electron chi connectivity index (χ2n) is 10.8. The first-order valence-electron chi connectivity index (χ1n) is 12.4. The molecule has 172 valence electrons. The summed E-state index contributed by atoms with van der Waals surface area (Å²) in [6.07, 6.45) is 5.74. The largest absolute Gasteiger partial charge is 0.465 e. The second-order valence-corrected chi connectivity index (χ2v) is 10.8. The van der Waals surface area contributed by atoms with Crippen LogP contribution >= 0.6 is 0 Å². The molecule has 2 aliphatic heterocycles. The predicted molar refractivity (Wildman–Crippen MR) is 141 cm³/mol. The summed E-state index contributed by atoms with van der Waals surface area (Å²) in [7, 11) is -0.214. The molecule has 3 aromatic rings. The Labute approximate surface area is 203 Å². The molecule has 0 radical (unpaired) electrons. The van der Waals surface area contributed by atoms with Crippen LogP contribution in [0.1, 0.15) is 45.6 Å². The molecule has 0 bridgehead atoms. The van der Waals surface area contributed by atoms with Crippen LogP contribution < -0.4 is 4.90 Å². The zero-order valence-corrected chi connectivity index (χ0v) is 20.4. The first-order chi connectivity index (χ1) is 16.4. The third-order valence-corrected chi connectivity index (χ3v) is 8.24. The average Bonchev–Trinajstić information content (AvgIpc) is 3.29. The molecule has 6 rings (SSSR count). The van der Waals surface area contributed by atoms with Crippen molar-refractivity contribution >= 4 is 18.5 Å². The van der Waals surface area contributed by atoms with Gasteiger partial charge in [0.25, 0.3) is 0 Å². The van der Waals surface area contributed by atoms with Gasteiger partial charge in [-0.3, -0.25) is 0 Å². The number of hydrogen-bond acceptors (Lipinski definition) is 3. The van der Waals surface area contributed by atoms with Crippen LogP contribution in [-0.2, 0) is 9.31 Å². The van der Waals surface area contributed by atoms with Crippen molar-refractivity contribution in [3.05, 3.63) is 96.6 Å². The van der Waals surface area contributed by atoms with Crippen LogP contribution in [0.15, 0.2) is 91.0 Å². The lowest BCUT2D eigenvalue weighted by Crippen LogP contribution is -2.41. The Morgan fingerprint density at radius 3 is 2.09 bits per heavy atom.